The van der Waals surface area contributed by atoms with Crippen LogP contribution in [0.2, 0.25) is 0 Å². The summed E-state index contributed by atoms with van der Waals surface area (Å²) in [5.74, 6) is 0. The minimum atomic E-state index is -3.56. The van der Waals surface area contributed by atoms with Gasteiger partial charge in [0.05, 0.1) is 22.8 Å². The predicted octanol–water partition coefficient (Wildman–Crippen LogP) is 2.75. The van der Waals surface area contributed by atoms with Gasteiger partial charge in [0.25, 0.3) is 10.0 Å². The van der Waals surface area contributed by atoms with Gasteiger partial charge in [-0.2, -0.15) is 0 Å². The Kier molecular flexibility index (Phi) is 4.86. The van der Waals surface area contributed by atoms with Crippen molar-refractivity contribution in [3.8, 4) is 0 Å². The number of sulfonamides is 1. The molecule has 0 unspecified atom stereocenters. The van der Waals surface area contributed by atoms with Crippen LogP contribution in [0.5, 0.6) is 0 Å². The van der Waals surface area contributed by atoms with Gasteiger partial charge in [0.2, 0.25) is 0 Å². The van der Waals surface area contributed by atoms with Gasteiger partial charge in [0, 0.05) is 19.6 Å². The van der Waals surface area contributed by atoms with E-state index in [1.807, 2.05) is 36.4 Å². The SMILES string of the molecule is CN(C)CCN1CCN(S(=O)(=O)c2ccc3c(c2)CCC3)c2ccccc21. The van der Waals surface area contributed by atoms with Crippen LogP contribution in [0.4, 0.5) is 11.4 Å². The van der Waals surface area contributed by atoms with Crippen LogP contribution in [0.3, 0.4) is 0 Å². The summed E-state index contributed by atoms with van der Waals surface area (Å²) in [4.78, 5) is 4.85. The van der Waals surface area contributed by atoms with Crippen molar-refractivity contribution in [2.24, 2.45) is 0 Å². The van der Waals surface area contributed by atoms with Crippen molar-refractivity contribution in [1.29, 1.82) is 0 Å². The molecule has 144 valence electrons. The molecule has 5 nitrogen and oxygen atoms in total. The summed E-state index contributed by atoms with van der Waals surface area (Å²) in [5, 5.41) is 0. The zero-order valence-electron chi connectivity index (χ0n) is 16.1. The van der Waals surface area contributed by atoms with Crippen LogP contribution in [-0.2, 0) is 22.9 Å². The molecule has 2 aromatic carbocycles. The molecule has 0 aromatic heterocycles. The molecule has 2 aliphatic rings. The summed E-state index contributed by atoms with van der Waals surface area (Å²) in [6.07, 6.45) is 3.16. The molecule has 0 atom stereocenters. The van der Waals surface area contributed by atoms with E-state index in [-0.39, 0.29) is 0 Å². The lowest BCUT2D eigenvalue weighted by Crippen LogP contribution is -2.45. The third kappa shape index (κ3) is 3.44. The molecule has 4 rings (SSSR count). The molecule has 0 fully saturated rings. The molecule has 1 aliphatic carbocycles. The molecule has 1 heterocycles. The van der Waals surface area contributed by atoms with Crippen LogP contribution < -0.4 is 9.21 Å². The lowest BCUT2D eigenvalue weighted by molar-refractivity contribution is 0.413. The fraction of sp³-hybridized carbons (Fsp3) is 0.429. The van der Waals surface area contributed by atoms with Crippen molar-refractivity contribution in [3.05, 3.63) is 53.6 Å². The minimum Gasteiger partial charge on any atom is -0.367 e. The van der Waals surface area contributed by atoms with Gasteiger partial charge in [-0.25, -0.2) is 8.42 Å². The number of rotatable bonds is 5. The summed E-state index contributed by atoms with van der Waals surface area (Å²) < 4.78 is 28.4. The first-order valence-electron chi connectivity index (χ1n) is 9.60. The van der Waals surface area contributed by atoms with E-state index in [0.717, 1.165) is 43.7 Å². The molecule has 6 heteroatoms. The van der Waals surface area contributed by atoms with Gasteiger partial charge >= 0.3 is 0 Å². The number of nitrogens with zero attached hydrogens (tertiary/aromatic N) is 3. The number of hydrogen-bond donors (Lipinski definition) is 0. The summed E-state index contributed by atoms with van der Waals surface area (Å²) in [5.41, 5.74) is 4.26. The predicted molar refractivity (Wildman–Crippen MR) is 110 cm³/mol. The first-order valence-corrected chi connectivity index (χ1v) is 11.0. The zero-order valence-corrected chi connectivity index (χ0v) is 16.9. The normalized spacial score (nSPS) is 16.6. The van der Waals surface area contributed by atoms with Gasteiger partial charge in [-0.1, -0.05) is 18.2 Å². The number of likely N-dealkylation sites (N-methyl/N-ethyl adjacent to an activating group) is 1. The lowest BCUT2D eigenvalue weighted by Gasteiger charge is -2.38. The van der Waals surface area contributed by atoms with Crippen molar-refractivity contribution < 1.29 is 8.42 Å². The summed E-state index contributed by atoms with van der Waals surface area (Å²) in [7, 11) is 0.557. The average Bonchev–Trinajstić information content (AvgIpc) is 3.13. The van der Waals surface area contributed by atoms with E-state index in [2.05, 4.69) is 23.9 Å². The molecule has 0 radical (unpaired) electrons. The van der Waals surface area contributed by atoms with E-state index >= 15 is 0 Å². The number of benzene rings is 2. The highest BCUT2D eigenvalue weighted by molar-refractivity contribution is 7.92. The Morgan fingerprint density at radius 2 is 1.70 bits per heavy atom. The Labute approximate surface area is 162 Å². The number of aryl methyl sites for hydroxylation is 2. The Morgan fingerprint density at radius 3 is 2.48 bits per heavy atom. The maximum atomic E-state index is 13.4. The molecular formula is C21H27N3O2S. The quantitative estimate of drug-likeness (QED) is 0.794. The minimum absolute atomic E-state index is 0.416. The van der Waals surface area contributed by atoms with E-state index in [4.69, 9.17) is 0 Å². The molecule has 0 N–H and O–H groups in total. The maximum Gasteiger partial charge on any atom is 0.264 e. The largest absolute Gasteiger partial charge is 0.367 e. The van der Waals surface area contributed by atoms with E-state index in [1.165, 1.54) is 11.1 Å². The second-order valence-electron chi connectivity index (χ2n) is 7.64. The third-order valence-corrected chi connectivity index (χ3v) is 7.35. The molecule has 0 spiro atoms. The number of fused-ring (bicyclic) bond motifs is 2. The van der Waals surface area contributed by atoms with Crippen LogP contribution in [0.25, 0.3) is 0 Å². The molecule has 0 bridgehead atoms. The second kappa shape index (κ2) is 7.17. The van der Waals surface area contributed by atoms with Gasteiger partial charge in [0.15, 0.2) is 0 Å². The molecular weight excluding hydrogens is 358 g/mol. The van der Waals surface area contributed by atoms with Crippen molar-refractivity contribution in [2.75, 3.05) is 49.5 Å². The summed E-state index contributed by atoms with van der Waals surface area (Å²) in [6.45, 7) is 3.00. The van der Waals surface area contributed by atoms with Gasteiger partial charge < -0.3 is 9.80 Å². The highest BCUT2D eigenvalue weighted by atomic mass is 32.2. The van der Waals surface area contributed by atoms with Crippen LogP contribution in [0.1, 0.15) is 17.5 Å². The Morgan fingerprint density at radius 1 is 0.963 bits per heavy atom. The highest BCUT2D eigenvalue weighted by Gasteiger charge is 2.32. The van der Waals surface area contributed by atoms with Crippen molar-refractivity contribution in [3.63, 3.8) is 0 Å². The van der Waals surface area contributed by atoms with Crippen LogP contribution in [0, 0.1) is 0 Å². The highest BCUT2D eigenvalue weighted by Crippen LogP contribution is 2.37. The topological polar surface area (TPSA) is 43.9 Å². The number of para-hydroxylation sites is 2. The summed E-state index contributed by atoms with van der Waals surface area (Å²) in [6, 6.07) is 13.5. The lowest BCUT2D eigenvalue weighted by atomic mass is 10.1. The standard InChI is InChI=1S/C21H27N3O2S/c1-22(2)12-13-23-14-15-24(21-9-4-3-8-20(21)23)27(25,26)19-11-10-17-6-5-7-18(17)16-19/h3-4,8-11,16H,5-7,12-15H2,1-2H3. The van der Waals surface area contributed by atoms with Crippen LogP contribution in [0.15, 0.2) is 47.4 Å². The fourth-order valence-corrected chi connectivity index (χ4v) is 5.55. The molecule has 0 saturated heterocycles. The fourth-order valence-electron chi connectivity index (χ4n) is 4.03. The van der Waals surface area contributed by atoms with E-state index < -0.39 is 10.0 Å². The maximum absolute atomic E-state index is 13.4. The molecule has 1 aliphatic heterocycles. The van der Waals surface area contributed by atoms with E-state index in [9.17, 15) is 8.42 Å². The Hall–Kier alpha value is -2.05. The smallest absolute Gasteiger partial charge is 0.264 e. The van der Waals surface area contributed by atoms with Crippen molar-refractivity contribution >= 4 is 21.4 Å². The monoisotopic (exact) mass is 385 g/mol. The average molecular weight is 386 g/mol. The first-order chi connectivity index (χ1) is 13.0. The van der Waals surface area contributed by atoms with Gasteiger partial charge in [-0.15, -0.1) is 0 Å². The van der Waals surface area contributed by atoms with Crippen molar-refractivity contribution in [1.82, 2.24) is 4.90 Å². The summed E-state index contributed by atoms with van der Waals surface area (Å²) >= 11 is 0. The first kappa shape index (κ1) is 18.3. The zero-order chi connectivity index (χ0) is 19.0. The van der Waals surface area contributed by atoms with Crippen LogP contribution in [-0.4, -0.2) is 53.6 Å². The second-order valence-corrected chi connectivity index (χ2v) is 9.50. The van der Waals surface area contributed by atoms with E-state index in [0.29, 0.717) is 18.0 Å². The Balaban J connectivity index is 1.68. The van der Waals surface area contributed by atoms with E-state index in [1.54, 1.807) is 10.4 Å². The Bertz CT molecular complexity index is 940. The number of anilines is 2. The molecule has 2 aromatic rings. The van der Waals surface area contributed by atoms with Crippen molar-refractivity contribution in [2.45, 2.75) is 24.2 Å². The van der Waals surface area contributed by atoms with Gasteiger partial charge in [-0.05, 0) is 68.8 Å². The van der Waals surface area contributed by atoms with Gasteiger partial charge in [0.1, 0.15) is 0 Å². The third-order valence-electron chi connectivity index (χ3n) is 5.54. The molecule has 0 saturated carbocycles. The van der Waals surface area contributed by atoms with Gasteiger partial charge in [-0.3, -0.25) is 4.31 Å². The molecule has 27 heavy (non-hydrogen) atoms. The van der Waals surface area contributed by atoms with Crippen LogP contribution >= 0.6 is 0 Å². The molecule has 0 amide bonds. The number of hydrogen-bond acceptors (Lipinski definition) is 4.